The summed E-state index contributed by atoms with van der Waals surface area (Å²) < 4.78 is 73.4. The van der Waals surface area contributed by atoms with Crippen molar-refractivity contribution < 1.29 is 105 Å². The van der Waals surface area contributed by atoms with Gasteiger partial charge in [0.15, 0.2) is 35.0 Å². The molecule has 0 aromatic heterocycles. The first-order chi connectivity index (χ1) is 49.6. The Morgan fingerprint density at radius 2 is 1.16 bits per heavy atom. The molecule has 30 heteroatoms. The smallest absolute Gasteiger partial charge is 0.416 e. The summed E-state index contributed by atoms with van der Waals surface area (Å²) >= 11 is 0. The van der Waals surface area contributed by atoms with E-state index in [4.69, 9.17) is 61.6 Å². The van der Waals surface area contributed by atoms with Gasteiger partial charge in [0, 0.05) is 62.2 Å². The molecular weight excluding hydrogens is 1340 g/mol. The first kappa shape index (κ1) is 82.0. The number of aliphatic hydroxyl groups excluding tert-OH is 1. The van der Waals surface area contributed by atoms with E-state index in [1.807, 2.05) is 27.0 Å². The number of unbranched alkanes of at least 4 members (excludes halogenated alkanes) is 2. The van der Waals surface area contributed by atoms with Gasteiger partial charge in [-0.3, -0.25) is 38.7 Å². The minimum atomic E-state index is -2.27. The van der Waals surface area contributed by atoms with Crippen molar-refractivity contribution in [1.82, 2.24) is 25.8 Å². The van der Waals surface area contributed by atoms with E-state index in [2.05, 4.69) is 26.3 Å². The van der Waals surface area contributed by atoms with Crippen LogP contribution in [0.4, 0.5) is 21.9 Å². The SMILES string of the molecule is COc1cc2c(cc1OCCCCCOc1cc3c(cc1OC)C(=O)N1C=C(C)C[C@@]1(O)[C@H](O)N3C(=O)OCc1ccc(NC(=O)[C@H](C)NC(=O)[C@@H](NC(=O)CCOCCOCCOCCOCCOCCOCCOCCOCCNC(=O)CC(C)C)C(C)C)cc1)N=C[C@@H]1CC(C)=CN1C2=O. The average molecular weight is 1450 g/mol. The molecule has 103 heavy (non-hydrogen) atoms. The molecule has 4 heterocycles. The molecule has 5 atom stereocenters. The summed E-state index contributed by atoms with van der Waals surface area (Å²) in [6.07, 6.45) is 4.78. The molecule has 3 aromatic carbocycles. The largest absolute Gasteiger partial charge is 0.493 e. The van der Waals surface area contributed by atoms with E-state index in [1.165, 1.54) is 39.5 Å². The lowest BCUT2D eigenvalue weighted by Crippen LogP contribution is -2.60. The maximum atomic E-state index is 14.3. The highest BCUT2D eigenvalue weighted by molar-refractivity contribution is 6.07. The first-order valence-corrected chi connectivity index (χ1v) is 35.1. The number of nitrogens with one attached hydrogen (secondary N) is 4. The molecule has 30 nitrogen and oxygen atoms in total. The van der Waals surface area contributed by atoms with Crippen LogP contribution >= 0.6 is 0 Å². The Bertz CT molecular complexity index is 3370. The summed E-state index contributed by atoms with van der Waals surface area (Å²) in [7, 11) is 2.91. The fraction of sp³-hybridized carbons (Fsp3) is 0.589. The van der Waals surface area contributed by atoms with Crippen molar-refractivity contribution in [3.63, 3.8) is 0 Å². The van der Waals surface area contributed by atoms with Gasteiger partial charge < -0.3 is 98.0 Å². The number of aliphatic imine (C=N–C) groups is 1. The Hall–Kier alpha value is -8.30. The summed E-state index contributed by atoms with van der Waals surface area (Å²) in [6.45, 7) is 19.4. The second-order valence-corrected chi connectivity index (χ2v) is 25.8. The molecule has 6 N–H and O–H groups in total. The van der Waals surface area contributed by atoms with E-state index in [-0.39, 0.29) is 92.4 Å². The van der Waals surface area contributed by atoms with Crippen LogP contribution in [0.2, 0.25) is 0 Å². The number of anilines is 2. The number of fused-ring (bicyclic) bond motifs is 4. The van der Waals surface area contributed by atoms with Crippen LogP contribution in [-0.4, -0.2) is 238 Å². The summed E-state index contributed by atoms with van der Waals surface area (Å²) in [4.78, 5) is 101. The molecule has 0 bridgehead atoms. The first-order valence-electron chi connectivity index (χ1n) is 35.1. The molecule has 0 fully saturated rings. The highest BCUT2D eigenvalue weighted by Crippen LogP contribution is 2.45. The molecule has 568 valence electrons. The van der Waals surface area contributed by atoms with E-state index in [9.17, 15) is 43.8 Å². The van der Waals surface area contributed by atoms with Crippen LogP contribution in [-0.2, 0) is 68.4 Å². The van der Waals surface area contributed by atoms with Gasteiger partial charge >= 0.3 is 6.09 Å². The van der Waals surface area contributed by atoms with Crippen LogP contribution in [0.1, 0.15) is 120 Å². The molecule has 7 rings (SSSR count). The predicted molar refractivity (Wildman–Crippen MR) is 379 cm³/mol. The van der Waals surface area contributed by atoms with Gasteiger partial charge in [0.1, 0.15) is 18.7 Å². The van der Waals surface area contributed by atoms with Crippen LogP contribution in [0, 0.1) is 11.8 Å². The maximum absolute atomic E-state index is 14.3. The van der Waals surface area contributed by atoms with Gasteiger partial charge in [-0.15, -0.1) is 0 Å². The zero-order chi connectivity index (χ0) is 74.3. The lowest BCUT2D eigenvalue weighted by Gasteiger charge is -2.38. The second kappa shape index (κ2) is 42.5. The predicted octanol–water partition coefficient (Wildman–Crippen LogP) is 6.35. The van der Waals surface area contributed by atoms with E-state index >= 15 is 0 Å². The third-order valence-corrected chi connectivity index (χ3v) is 16.7. The van der Waals surface area contributed by atoms with Gasteiger partial charge in [0.25, 0.3) is 11.8 Å². The van der Waals surface area contributed by atoms with Crippen molar-refractivity contribution in [3.8, 4) is 23.0 Å². The van der Waals surface area contributed by atoms with E-state index in [0.717, 1.165) is 15.4 Å². The zero-order valence-electron chi connectivity index (χ0n) is 60.8. The fourth-order valence-corrected chi connectivity index (χ4v) is 11.3. The highest BCUT2D eigenvalue weighted by atomic mass is 16.6. The molecule has 3 aromatic rings. The van der Waals surface area contributed by atoms with Crippen LogP contribution in [0.25, 0.3) is 0 Å². The van der Waals surface area contributed by atoms with Crippen molar-refractivity contribution in [2.24, 2.45) is 16.8 Å². The van der Waals surface area contributed by atoms with Crippen molar-refractivity contribution in [2.45, 2.75) is 130 Å². The van der Waals surface area contributed by atoms with Gasteiger partial charge in [-0.25, -0.2) is 9.69 Å². The Labute approximate surface area is 602 Å². The number of ether oxygens (including phenoxy) is 13. The third-order valence-electron chi connectivity index (χ3n) is 16.7. The van der Waals surface area contributed by atoms with E-state index in [0.29, 0.717) is 177 Å². The van der Waals surface area contributed by atoms with E-state index < -0.39 is 53.8 Å². The van der Waals surface area contributed by atoms with Crippen molar-refractivity contribution in [1.29, 1.82) is 0 Å². The summed E-state index contributed by atoms with van der Waals surface area (Å²) in [5.41, 5.74) is 0.939. The molecule has 0 unspecified atom stereocenters. The van der Waals surface area contributed by atoms with E-state index in [1.54, 1.807) is 68.3 Å². The zero-order valence-corrected chi connectivity index (χ0v) is 60.8. The van der Waals surface area contributed by atoms with Crippen LogP contribution in [0.3, 0.4) is 0 Å². The standard InChI is InChI=1S/C73H104N8O22/c1-48(2)37-65(83)74-18-22-94-24-26-96-28-30-98-32-34-100-36-35-99-33-31-97-29-27-95-25-23-93-21-17-64(82)78-66(49(3)4)68(85)76-52(7)67(84)77-54-15-13-53(14-16-54)47-103-72(89)81-59-42-63(61(92-9)40-57(59)70(87)80-46-51(6)43-73(80,90)71(81)88)102-20-12-10-11-19-101-62-41-58-56(39-60(62)91-8)69(86)79-45-50(5)38-55(79)44-75-58/h13-16,39-42,44-46,48-49,52,55,66,71,88,90H,10-12,17-38,43,47H2,1-9H3,(H,74,83)(H,76,85)(H,77,84)(H,78,82)/t52-,55-,66-,71-,73+/m0/s1. The number of benzene rings is 3. The van der Waals surface area contributed by atoms with Crippen molar-refractivity contribution in [2.75, 3.05) is 150 Å². The van der Waals surface area contributed by atoms with Gasteiger partial charge in [0.05, 0.1) is 162 Å². The fourth-order valence-electron chi connectivity index (χ4n) is 11.3. The van der Waals surface area contributed by atoms with Crippen LogP contribution in [0.5, 0.6) is 23.0 Å². The maximum Gasteiger partial charge on any atom is 0.416 e. The Morgan fingerprint density at radius 3 is 1.71 bits per heavy atom. The Morgan fingerprint density at radius 1 is 0.612 bits per heavy atom. The summed E-state index contributed by atoms with van der Waals surface area (Å²) in [6, 6.07) is 10.3. The number of hydrogen-bond acceptors (Lipinski definition) is 23. The number of methoxy groups -OCH3 is 2. The number of nitrogens with zero attached hydrogens (tertiary/aromatic N) is 4. The topological polar surface area (TPSA) is 350 Å². The van der Waals surface area contributed by atoms with Gasteiger partial charge in [0.2, 0.25) is 23.6 Å². The minimum Gasteiger partial charge on any atom is -0.493 e. The summed E-state index contributed by atoms with van der Waals surface area (Å²) in [5, 5.41) is 35.0. The summed E-state index contributed by atoms with van der Waals surface area (Å²) in [5.74, 6) is -1.20. The number of hydrogen-bond donors (Lipinski definition) is 6. The third kappa shape index (κ3) is 25.2. The molecule has 0 radical (unpaired) electrons. The van der Waals surface area contributed by atoms with Crippen LogP contribution < -0.4 is 45.1 Å². The van der Waals surface area contributed by atoms with Crippen molar-refractivity contribution in [3.05, 3.63) is 88.8 Å². The average Bonchev–Trinajstić information content (AvgIpc) is 1.58. The monoisotopic (exact) mass is 1440 g/mol. The number of aliphatic hydroxyl groups is 2. The van der Waals surface area contributed by atoms with Gasteiger partial charge in [-0.2, -0.15) is 0 Å². The quantitative estimate of drug-likeness (QED) is 0.0335. The van der Waals surface area contributed by atoms with Gasteiger partial charge in [-0.05, 0) is 88.1 Å². The molecule has 0 spiro atoms. The Balaban J connectivity index is 0.754. The molecule has 4 aliphatic rings. The molecule has 0 saturated heterocycles. The normalized spacial score (nSPS) is 17.3. The van der Waals surface area contributed by atoms with Crippen LogP contribution in [0.15, 0.2) is 77.1 Å². The molecule has 7 amide bonds. The number of carbonyl (C=O) groups is 7. The Kier molecular flexibility index (Phi) is 33.8. The molecule has 4 aliphatic heterocycles. The minimum absolute atomic E-state index is 0.0148. The van der Waals surface area contributed by atoms with Crippen molar-refractivity contribution >= 4 is 64.8 Å². The molecule has 0 saturated carbocycles. The van der Waals surface area contributed by atoms with Gasteiger partial charge in [-0.1, -0.05) is 51.0 Å². The number of carbonyl (C=O) groups excluding carboxylic acids is 7. The highest BCUT2D eigenvalue weighted by Gasteiger charge is 2.55. The molecular formula is C73H104N8O22. The molecule has 0 aliphatic carbocycles. The lowest BCUT2D eigenvalue weighted by atomic mass is 10.0. The second-order valence-electron chi connectivity index (χ2n) is 25.8. The number of amides is 7. The lowest BCUT2D eigenvalue weighted by molar-refractivity contribution is -0.133. The number of rotatable bonds is 47.